The molecule has 0 unspecified atom stereocenters. The Hall–Kier alpha value is -5.86. The lowest BCUT2D eigenvalue weighted by molar-refractivity contribution is 0.394. The van der Waals surface area contributed by atoms with E-state index in [1.165, 1.54) is 0 Å². The molecule has 0 atom stereocenters. The van der Waals surface area contributed by atoms with Crippen molar-refractivity contribution in [3.8, 4) is 45.4 Å². The number of pyridine rings is 1. The fourth-order valence-electron chi connectivity index (χ4n) is 6.46. The summed E-state index contributed by atoms with van der Waals surface area (Å²) in [6, 6.07) is 36.9. The summed E-state index contributed by atoms with van der Waals surface area (Å²) in [5.74, 6) is 2.81. The zero-order chi connectivity index (χ0) is 33.5. The lowest BCUT2D eigenvalue weighted by Gasteiger charge is -2.33. The van der Waals surface area contributed by atoms with E-state index in [1.54, 1.807) is 38.5 Å². The van der Waals surface area contributed by atoms with Crippen LogP contribution in [0.4, 0.5) is 17.1 Å². The van der Waals surface area contributed by atoms with Gasteiger partial charge in [0.2, 0.25) is 9.84 Å². The fraction of sp³-hybridized carbons (Fsp3) is 0.0976. The van der Waals surface area contributed by atoms with Crippen molar-refractivity contribution in [1.82, 2.24) is 4.98 Å². The average Bonchev–Trinajstić information content (AvgIpc) is 3.16. The number of hydrogen-bond donors (Lipinski definition) is 0. The van der Waals surface area contributed by atoms with Gasteiger partial charge in [0.25, 0.3) is 0 Å². The first-order valence-electron chi connectivity index (χ1n) is 16.0. The molecule has 2 heterocycles. The molecule has 6 aromatic rings. The smallest absolute Gasteiger partial charge is 0.206 e. The molecule has 1 aromatic heterocycles. The highest BCUT2D eigenvalue weighted by Crippen LogP contribution is 2.52. The van der Waals surface area contributed by atoms with Gasteiger partial charge >= 0.3 is 0 Å². The van der Waals surface area contributed by atoms with E-state index >= 15 is 0 Å². The van der Waals surface area contributed by atoms with Gasteiger partial charge < -0.3 is 19.1 Å². The molecule has 0 fully saturated rings. The minimum Gasteiger partial charge on any atom is -0.497 e. The molecular formula is C41H32N2O5S. The van der Waals surface area contributed by atoms with E-state index in [-0.39, 0.29) is 4.90 Å². The van der Waals surface area contributed by atoms with Gasteiger partial charge in [0.15, 0.2) is 11.5 Å². The summed E-state index contributed by atoms with van der Waals surface area (Å²) in [6.07, 6.45) is 6.93. The average molecular weight is 665 g/mol. The molecule has 5 aromatic carbocycles. The summed E-state index contributed by atoms with van der Waals surface area (Å²) in [5.41, 5.74) is 6.70. The minimum atomic E-state index is -3.63. The highest BCUT2D eigenvalue weighted by atomic mass is 32.2. The zero-order valence-corrected chi connectivity index (χ0v) is 27.8. The first kappa shape index (κ1) is 30.5. The van der Waals surface area contributed by atoms with E-state index in [0.29, 0.717) is 28.5 Å². The lowest BCUT2D eigenvalue weighted by Crippen LogP contribution is -2.16. The Kier molecular flexibility index (Phi) is 7.65. The van der Waals surface area contributed by atoms with Gasteiger partial charge in [-0.3, -0.25) is 0 Å². The number of methoxy groups -OCH3 is 2. The minimum absolute atomic E-state index is 0.245. The third-order valence-electron chi connectivity index (χ3n) is 8.89. The van der Waals surface area contributed by atoms with Gasteiger partial charge in [-0.2, -0.15) is 0 Å². The van der Waals surface area contributed by atoms with Crippen LogP contribution in [-0.4, -0.2) is 27.6 Å². The third-order valence-corrected chi connectivity index (χ3v) is 10.7. The summed E-state index contributed by atoms with van der Waals surface area (Å²) in [7, 11) is -0.365. The maximum absolute atomic E-state index is 13.4. The standard InChI is InChI=1S/C41H32N2O5S/c1-46-29-23-28(24-30(25-29)47-2)34-26-35(27-19-21-32(22-20-27)49(44,45)31-11-4-3-5-12-31)42-41-33(34)13-10-16-38(41)43-36-14-6-8-17-39(36)48-40-18-9-7-15-37(40)43/h4,6-26H,3,5H2,1-2H3. The number of nitrogens with zero attached hydrogens (tertiary/aromatic N) is 2. The molecular weight excluding hydrogens is 633 g/mol. The Morgan fingerprint density at radius 1 is 0.694 bits per heavy atom. The second-order valence-electron chi connectivity index (χ2n) is 11.8. The lowest BCUT2D eigenvalue weighted by atomic mass is 9.96. The van der Waals surface area contributed by atoms with Crippen LogP contribution in [0, 0.1) is 0 Å². The Morgan fingerprint density at radius 2 is 1.35 bits per heavy atom. The van der Waals surface area contributed by atoms with Crippen LogP contribution in [0.2, 0.25) is 0 Å². The first-order chi connectivity index (χ1) is 23.9. The van der Waals surface area contributed by atoms with Crippen LogP contribution in [0.5, 0.6) is 23.0 Å². The number of hydrogen-bond acceptors (Lipinski definition) is 7. The van der Waals surface area contributed by atoms with Crippen molar-refractivity contribution in [1.29, 1.82) is 0 Å². The van der Waals surface area contributed by atoms with Crippen molar-refractivity contribution >= 4 is 37.8 Å². The molecule has 242 valence electrons. The second-order valence-corrected chi connectivity index (χ2v) is 13.8. The van der Waals surface area contributed by atoms with Crippen LogP contribution < -0.4 is 19.1 Å². The topological polar surface area (TPSA) is 78.0 Å². The molecule has 8 rings (SSSR count). The predicted octanol–water partition coefficient (Wildman–Crippen LogP) is 10.2. The predicted molar refractivity (Wildman–Crippen MR) is 194 cm³/mol. The first-order valence-corrected chi connectivity index (χ1v) is 17.5. The molecule has 0 amide bonds. The van der Waals surface area contributed by atoms with Crippen molar-refractivity contribution in [2.24, 2.45) is 0 Å². The van der Waals surface area contributed by atoms with Crippen molar-refractivity contribution in [3.05, 3.63) is 138 Å². The molecule has 0 bridgehead atoms. The van der Waals surface area contributed by atoms with Crippen molar-refractivity contribution in [3.63, 3.8) is 0 Å². The Bertz CT molecular complexity index is 2350. The SMILES string of the molecule is COc1cc(OC)cc(-c2cc(-c3ccc(S(=O)(=O)C4=CCCC=C4)cc3)nc3c(N4c5ccccc5Oc5ccccc54)cccc23)c1. The van der Waals surface area contributed by atoms with Gasteiger partial charge in [0.1, 0.15) is 11.5 Å². The number of benzene rings is 5. The van der Waals surface area contributed by atoms with E-state index in [1.807, 2.05) is 97.1 Å². The van der Waals surface area contributed by atoms with Gasteiger partial charge in [-0.05, 0) is 90.7 Å². The van der Waals surface area contributed by atoms with Crippen LogP contribution in [0.15, 0.2) is 143 Å². The highest BCUT2D eigenvalue weighted by molar-refractivity contribution is 7.95. The molecule has 0 spiro atoms. The van der Waals surface area contributed by atoms with E-state index in [0.717, 1.165) is 62.6 Å². The number of ether oxygens (including phenoxy) is 3. The summed E-state index contributed by atoms with van der Waals surface area (Å²) >= 11 is 0. The number of rotatable bonds is 7. The van der Waals surface area contributed by atoms with E-state index in [9.17, 15) is 8.42 Å². The summed E-state index contributed by atoms with van der Waals surface area (Å²) in [6.45, 7) is 0. The number of para-hydroxylation sites is 5. The molecule has 8 heteroatoms. The van der Waals surface area contributed by atoms with Crippen LogP contribution in [0.25, 0.3) is 33.3 Å². The van der Waals surface area contributed by atoms with E-state index in [4.69, 9.17) is 19.2 Å². The maximum Gasteiger partial charge on any atom is 0.206 e. The molecule has 0 radical (unpaired) electrons. The normalized spacial score (nSPS) is 13.7. The molecule has 1 aliphatic heterocycles. The highest BCUT2D eigenvalue weighted by Gasteiger charge is 2.28. The van der Waals surface area contributed by atoms with Crippen LogP contribution in [-0.2, 0) is 9.84 Å². The molecule has 49 heavy (non-hydrogen) atoms. The maximum atomic E-state index is 13.4. The molecule has 2 aliphatic rings. The number of anilines is 3. The van der Waals surface area contributed by atoms with Crippen LogP contribution >= 0.6 is 0 Å². The van der Waals surface area contributed by atoms with E-state index < -0.39 is 9.84 Å². The van der Waals surface area contributed by atoms with Crippen molar-refractivity contribution in [2.75, 3.05) is 19.1 Å². The van der Waals surface area contributed by atoms with Gasteiger partial charge in [0, 0.05) is 17.0 Å². The monoisotopic (exact) mass is 664 g/mol. The number of allylic oxidation sites excluding steroid dienone is 3. The zero-order valence-electron chi connectivity index (χ0n) is 27.0. The summed E-state index contributed by atoms with van der Waals surface area (Å²) in [4.78, 5) is 8.07. The van der Waals surface area contributed by atoms with E-state index in [2.05, 4.69) is 17.0 Å². The van der Waals surface area contributed by atoms with Crippen molar-refractivity contribution in [2.45, 2.75) is 17.7 Å². The second kappa shape index (κ2) is 12.3. The summed E-state index contributed by atoms with van der Waals surface area (Å²) < 4.78 is 44.5. The summed E-state index contributed by atoms with van der Waals surface area (Å²) in [5, 5.41) is 0.924. The Labute approximate surface area is 285 Å². The molecule has 0 N–H and O–H groups in total. The van der Waals surface area contributed by atoms with Gasteiger partial charge in [-0.15, -0.1) is 0 Å². The van der Waals surface area contributed by atoms with Crippen LogP contribution in [0.3, 0.4) is 0 Å². The molecule has 0 saturated carbocycles. The van der Waals surface area contributed by atoms with Crippen LogP contribution in [0.1, 0.15) is 12.8 Å². The molecule has 1 aliphatic carbocycles. The number of sulfone groups is 1. The van der Waals surface area contributed by atoms with Crippen molar-refractivity contribution < 1.29 is 22.6 Å². The molecule has 7 nitrogen and oxygen atoms in total. The quantitative estimate of drug-likeness (QED) is 0.168. The largest absolute Gasteiger partial charge is 0.497 e. The van der Waals surface area contributed by atoms with Gasteiger partial charge in [-0.1, -0.05) is 60.7 Å². The fourth-order valence-corrected chi connectivity index (χ4v) is 7.84. The Balaban J connectivity index is 1.36. The Morgan fingerprint density at radius 3 is 1.98 bits per heavy atom. The van der Waals surface area contributed by atoms with Gasteiger partial charge in [-0.25, -0.2) is 13.4 Å². The number of fused-ring (bicyclic) bond motifs is 3. The molecule has 0 saturated heterocycles. The number of aromatic nitrogens is 1. The van der Waals surface area contributed by atoms with Gasteiger partial charge in [0.05, 0.1) is 52.3 Å². The third kappa shape index (κ3) is 5.40.